The van der Waals surface area contributed by atoms with Crippen molar-refractivity contribution in [2.75, 3.05) is 6.61 Å². The number of Topliss-reactive ketones (excluding diaryl/α,β-unsaturated/α-hetero) is 1. The fraction of sp³-hybridized carbons (Fsp3) is 0.200. The summed E-state index contributed by atoms with van der Waals surface area (Å²) >= 11 is 6.27. The Hall–Kier alpha value is -3.71. The highest BCUT2D eigenvalue weighted by atomic mass is 35.5. The molecule has 8 heteroatoms. The standard InChI is InChI=1S/C25H22ClN3O4/c1-3-21(30)23-22(15-8-6-5-7-9-15)19-12-16(26)10-11-18(19)24(31)29(23)14-17-13-20(28-27-17)25(32)33-4-2/h5-13H,3-4,14H2,1-2H3,(H,27,28). The number of carbonyl (C=O) groups is 2. The molecular weight excluding hydrogens is 442 g/mol. The van der Waals surface area contributed by atoms with Crippen LogP contribution < -0.4 is 5.56 Å². The zero-order valence-corrected chi connectivity index (χ0v) is 19.0. The molecule has 0 radical (unpaired) electrons. The molecule has 0 saturated heterocycles. The summed E-state index contributed by atoms with van der Waals surface area (Å²) in [4.78, 5) is 38.8. The monoisotopic (exact) mass is 463 g/mol. The maximum absolute atomic E-state index is 13.6. The van der Waals surface area contributed by atoms with Crippen LogP contribution in [-0.4, -0.2) is 33.1 Å². The summed E-state index contributed by atoms with van der Waals surface area (Å²) in [6, 6.07) is 16.0. The van der Waals surface area contributed by atoms with Gasteiger partial charge in [0.2, 0.25) is 0 Å². The van der Waals surface area contributed by atoms with Gasteiger partial charge in [-0.05, 0) is 42.1 Å². The minimum Gasteiger partial charge on any atom is -0.461 e. The number of nitrogens with one attached hydrogen (secondary N) is 1. The molecule has 0 saturated carbocycles. The van der Waals surface area contributed by atoms with Crippen molar-refractivity contribution in [3.63, 3.8) is 0 Å². The van der Waals surface area contributed by atoms with Gasteiger partial charge in [0.15, 0.2) is 11.5 Å². The number of carbonyl (C=O) groups excluding carboxylic acids is 2. The van der Waals surface area contributed by atoms with Crippen LogP contribution in [0.4, 0.5) is 0 Å². The Morgan fingerprint density at radius 1 is 1.06 bits per heavy atom. The lowest BCUT2D eigenvalue weighted by atomic mass is 9.94. The summed E-state index contributed by atoms with van der Waals surface area (Å²) in [5, 5.41) is 8.30. The number of aromatic nitrogens is 3. The van der Waals surface area contributed by atoms with Crippen molar-refractivity contribution in [3.05, 3.63) is 87.1 Å². The Labute approximate surface area is 195 Å². The first kappa shape index (κ1) is 22.5. The first-order valence-electron chi connectivity index (χ1n) is 10.6. The van der Waals surface area contributed by atoms with Gasteiger partial charge in [-0.25, -0.2) is 4.79 Å². The van der Waals surface area contributed by atoms with Crippen LogP contribution in [-0.2, 0) is 11.3 Å². The molecule has 2 heterocycles. The first-order chi connectivity index (χ1) is 15.9. The normalized spacial score (nSPS) is 11.0. The smallest absolute Gasteiger partial charge is 0.358 e. The van der Waals surface area contributed by atoms with Gasteiger partial charge in [0.05, 0.1) is 24.5 Å². The molecule has 0 aliphatic heterocycles. The van der Waals surface area contributed by atoms with Crippen LogP contribution in [0.1, 0.15) is 46.9 Å². The molecule has 4 aromatic rings. The molecule has 0 amide bonds. The summed E-state index contributed by atoms with van der Waals surface area (Å²) in [5.41, 5.74) is 2.01. The van der Waals surface area contributed by atoms with Gasteiger partial charge in [-0.2, -0.15) is 5.10 Å². The van der Waals surface area contributed by atoms with Crippen LogP contribution >= 0.6 is 11.6 Å². The minimum absolute atomic E-state index is 0.0325. The molecule has 2 aromatic carbocycles. The molecule has 0 unspecified atom stereocenters. The van der Waals surface area contributed by atoms with Crippen LogP contribution in [0.5, 0.6) is 0 Å². The number of benzene rings is 2. The van der Waals surface area contributed by atoms with Gasteiger partial charge in [0.25, 0.3) is 5.56 Å². The number of aromatic amines is 1. The SMILES string of the molecule is CCOC(=O)c1cc(Cn2c(C(=O)CC)c(-c3ccccc3)c3cc(Cl)ccc3c2=O)[nH]n1. The summed E-state index contributed by atoms with van der Waals surface area (Å²) in [7, 11) is 0. The number of ketones is 1. The molecule has 0 bridgehead atoms. The largest absolute Gasteiger partial charge is 0.461 e. The van der Waals surface area contributed by atoms with Crippen molar-refractivity contribution in [2.24, 2.45) is 0 Å². The van der Waals surface area contributed by atoms with E-state index < -0.39 is 5.97 Å². The summed E-state index contributed by atoms with van der Waals surface area (Å²) < 4.78 is 6.42. The van der Waals surface area contributed by atoms with Gasteiger partial charge in [-0.3, -0.25) is 19.3 Å². The lowest BCUT2D eigenvalue weighted by molar-refractivity contribution is 0.0519. The van der Waals surface area contributed by atoms with Crippen LogP contribution in [0.25, 0.3) is 21.9 Å². The Balaban J connectivity index is 1.99. The molecule has 0 aliphatic carbocycles. The number of rotatable bonds is 7. The second-order valence-corrected chi connectivity index (χ2v) is 7.88. The van der Waals surface area contributed by atoms with E-state index in [1.165, 1.54) is 10.6 Å². The van der Waals surface area contributed by atoms with Crippen LogP contribution in [0.15, 0.2) is 59.4 Å². The third kappa shape index (κ3) is 4.32. The van der Waals surface area contributed by atoms with Gasteiger partial charge in [-0.1, -0.05) is 48.9 Å². The third-order valence-electron chi connectivity index (χ3n) is 5.32. The van der Waals surface area contributed by atoms with E-state index in [2.05, 4.69) is 10.2 Å². The van der Waals surface area contributed by atoms with Gasteiger partial charge in [0.1, 0.15) is 0 Å². The number of fused-ring (bicyclic) bond motifs is 1. The lowest BCUT2D eigenvalue weighted by Crippen LogP contribution is -2.28. The molecule has 0 fully saturated rings. The molecular formula is C25H22ClN3O4. The first-order valence-corrected chi connectivity index (χ1v) is 11.0. The number of pyridine rings is 1. The molecule has 0 atom stereocenters. The minimum atomic E-state index is -0.560. The Morgan fingerprint density at radius 2 is 1.82 bits per heavy atom. The summed E-state index contributed by atoms with van der Waals surface area (Å²) in [6.45, 7) is 3.72. The van der Waals surface area contributed by atoms with E-state index in [4.69, 9.17) is 16.3 Å². The number of nitrogens with zero attached hydrogens (tertiary/aromatic N) is 2. The van der Waals surface area contributed by atoms with Gasteiger partial charge in [0, 0.05) is 22.4 Å². The van der Waals surface area contributed by atoms with E-state index in [1.54, 1.807) is 32.0 Å². The van der Waals surface area contributed by atoms with E-state index >= 15 is 0 Å². The lowest BCUT2D eigenvalue weighted by Gasteiger charge is -2.19. The second kappa shape index (κ2) is 9.42. The van der Waals surface area contributed by atoms with Crippen LogP contribution in [0.3, 0.4) is 0 Å². The third-order valence-corrected chi connectivity index (χ3v) is 5.56. The second-order valence-electron chi connectivity index (χ2n) is 7.45. The van der Waals surface area contributed by atoms with E-state index in [9.17, 15) is 14.4 Å². The maximum atomic E-state index is 13.6. The van der Waals surface area contributed by atoms with Crippen molar-refractivity contribution in [2.45, 2.75) is 26.8 Å². The van der Waals surface area contributed by atoms with Crippen molar-refractivity contribution < 1.29 is 14.3 Å². The number of hydrogen-bond donors (Lipinski definition) is 1. The number of esters is 1. The summed E-state index contributed by atoms with van der Waals surface area (Å²) in [5.74, 6) is -0.742. The molecule has 168 valence electrons. The number of hydrogen-bond acceptors (Lipinski definition) is 5. The maximum Gasteiger partial charge on any atom is 0.358 e. The topological polar surface area (TPSA) is 94.0 Å². The fourth-order valence-corrected chi connectivity index (χ4v) is 4.02. The quantitative estimate of drug-likeness (QED) is 0.312. The van der Waals surface area contributed by atoms with Crippen molar-refractivity contribution >= 4 is 34.1 Å². The zero-order valence-electron chi connectivity index (χ0n) is 18.2. The molecule has 33 heavy (non-hydrogen) atoms. The van der Waals surface area contributed by atoms with Gasteiger partial charge < -0.3 is 4.74 Å². The van der Waals surface area contributed by atoms with Gasteiger partial charge >= 0.3 is 5.97 Å². The van der Waals surface area contributed by atoms with Crippen molar-refractivity contribution in [1.29, 1.82) is 0 Å². The van der Waals surface area contributed by atoms with Crippen molar-refractivity contribution in [3.8, 4) is 11.1 Å². The fourth-order valence-electron chi connectivity index (χ4n) is 3.85. The highest BCUT2D eigenvalue weighted by molar-refractivity contribution is 6.31. The average molecular weight is 464 g/mol. The molecule has 7 nitrogen and oxygen atoms in total. The average Bonchev–Trinajstić information content (AvgIpc) is 3.29. The molecule has 2 aromatic heterocycles. The zero-order chi connectivity index (χ0) is 23.5. The van der Waals surface area contributed by atoms with Crippen LogP contribution in [0.2, 0.25) is 5.02 Å². The summed E-state index contributed by atoms with van der Waals surface area (Å²) in [6.07, 6.45) is 0.211. The van der Waals surface area contributed by atoms with E-state index in [1.807, 2.05) is 30.3 Å². The molecule has 4 rings (SSSR count). The Morgan fingerprint density at radius 3 is 2.52 bits per heavy atom. The predicted molar refractivity (Wildman–Crippen MR) is 127 cm³/mol. The Kier molecular flexibility index (Phi) is 6.42. The molecule has 1 N–H and O–H groups in total. The molecule has 0 spiro atoms. The highest BCUT2D eigenvalue weighted by Crippen LogP contribution is 2.33. The van der Waals surface area contributed by atoms with E-state index in [0.29, 0.717) is 27.1 Å². The van der Waals surface area contributed by atoms with E-state index in [0.717, 1.165) is 5.56 Å². The van der Waals surface area contributed by atoms with Crippen molar-refractivity contribution in [1.82, 2.24) is 14.8 Å². The van der Waals surface area contributed by atoms with Gasteiger partial charge in [-0.15, -0.1) is 0 Å². The number of ether oxygens (including phenoxy) is 1. The van der Waals surface area contributed by atoms with E-state index in [-0.39, 0.29) is 42.3 Å². The molecule has 0 aliphatic rings. The number of halogens is 1. The highest BCUT2D eigenvalue weighted by Gasteiger charge is 2.23. The Bertz CT molecular complexity index is 1410. The van der Waals surface area contributed by atoms with Crippen LogP contribution in [0, 0.1) is 0 Å². The number of H-pyrrole nitrogens is 1. The predicted octanol–water partition coefficient (Wildman–Crippen LogP) is 4.86.